The molecule has 0 radical (unpaired) electrons. The first kappa shape index (κ1) is 11.3. The Morgan fingerprint density at radius 3 is 2.65 bits per heavy atom. The zero-order chi connectivity index (χ0) is 12.3. The van der Waals surface area contributed by atoms with Crippen LogP contribution >= 0.6 is 0 Å². The van der Waals surface area contributed by atoms with Crippen LogP contribution in [0.15, 0.2) is 42.5 Å². The Morgan fingerprint density at radius 1 is 1.18 bits per heavy atom. The summed E-state index contributed by atoms with van der Waals surface area (Å²) in [6.07, 6.45) is 0. The Bertz CT molecular complexity index is 549. The van der Waals surface area contributed by atoms with Crippen LogP contribution in [0.5, 0.6) is 0 Å². The van der Waals surface area contributed by atoms with Crippen molar-refractivity contribution in [3.8, 4) is 11.3 Å². The molecule has 3 heteroatoms. The van der Waals surface area contributed by atoms with Crippen LogP contribution in [0.3, 0.4) is 0 Å². The molecule has 17 heavy (non-hydrogen) atoms. The Labute approximate surface area is 101 Å². The van der Waals surface area contributed by atoms with E-state index < -0.39 is 0 Å². The zero-order valence-corrected chi connectivity index (χ0v) is 9.90. The maximum Gasteiger partial charge on any atom is 0.159 e. The topological polar surface area (TPSA) is 42.0 Å². The number of nitrogens with one attached hydrogen (secondary N) is 1. The van der Waals surface area contributed by atoms with Crippen LogP contribution in [0, 0.1) is 0 Å². The van der Waals surface area contributed by atoms with E-state index in [1.165, 1.54) is 0 Å². The number of anilines is 1. The number of hydrogen-bond donors (Lipinski definition) is 1. The monoisotopic (exact) mass is 226 g/mol. The van der Waals surface area contributed by atoms with Crippen molar-refractivity contribution in [2.45, 2.75) is 6.92 Å². The van der Waals surface area contributed by atoms with Gasteiger partial charge in [-0.1, -0.05) is 24.3 Å². The quantitative estimate of drug-likeness (QED) is 0.818. The Balaban J connectivity index is 2.45. The first-order chi connectivity index (χ1) is 8.20. The van der Waals surface area contributed by atoms with Crippen molar-refractivity contribution in [3.63, 3.8) is 0 Å². The first-order valence-electron chi connectivity index (χ1n) is 5.47. The highest BCUT2D eigenvalue weighted by atomic mass is 16.1. The summed E-state index contributed by atoms with van der Waals surface area (Å²) in [6.45, 7) is 1.57. The summed E-state index contributed by atoms with van der Waals surface area (Å²) < 4.78 is 0. The lowest BCUT2D eigenvalue weighted by Gasteiger charge is -2.05. The van der Waals surface area contributed by atoms with Gasteiger partial charge in [0.2, 0.25) is 0 Å². The van der Waals surface area contributed by atoms with E-state index in [-0.39, 0.29) is 5.78 Å². The molecule has 0 saturated heterocycles. The van der Waals surface area contributed by atoms with Gasteiger partial charge in [-0.25, -0.2) is 4.98 Å². The molecule has 0 bridgehead atoms. The molecule has 3 nitrogen and oxygen atoms in total. The number of nitrogens with zero attached hydrogens (tertiary/aromatic N) is 1. The van der Waals surface area contributed by atoms with Gasteiger partial charge in [0.15, 0.2) is 5.78 Å². The van der Waals surface area contributed by atoms with Crippen molar-refractivity contribution in [1.29, 1.82) is 0 Å². The molecular weight excluding hydrogens is 212 g/mol. The summed E-state index contributed by atoms with van der Waals surface area (Å²) in [7, 11) is 1.83. The van der Waals surface area contributed by atoms with Crippen LogP contribution in [0.25, 0.3) is 11.3 Å². The Kier molecular flexibility index (Phi) is 3.19. The molecule has 0 atom stereocenters. The van der Waals surface area contributed by atoms with E-state index in [4.69, 9.17) is 0 Å². The molecule has 0 fully saturated rings. The molecule has 1 N–H and O–H groups in total. The molecule has 0 amide bonds. The van der Waals surface area contributed by atoms with Crippen LogP contribution < -0.4 is 5.32 Å². The number of Topliss-reactive ketones (excluding diaryl/α,β-unsaturated/α-hetero) is 1. The lowest BCUT2D eigenvalue weighted by molar-refractivity contribution is 0.101. The molecule has 0 aliphatic heterocycles. The van der Waals surface area contributed by atoms with Gasteiger partial charge in [-0.2, -0.15) is 0 Å². The second-order valence-corrected chi connectivity index (χ2v) is 3.80. The van der Waals surface area contributed by atoms with Crippen molar-refractivity contribution >= 4 is 11.6 Å². The third-order valence-electron chi connectivity index (χ3n) is 2.57. The standard InChI is InChI=1S/C14H14N2O/c1-10(17)11-5-3-6-12(9-11)13-7-4-8-14(15-2)16-13/h3-9H,1-2H3,(H,15,16). The molecule has 1 heterocycles. The molecule has 1 aromatic carbocycles. The van der Waals surface area contributed by atoms with Gasteiger partial charge >= 0.3 is 0 Å². The minimum atomic E-state index is 0.0663. The summed E-state index contributed by atoms with van der Waals surface area (Å²) in [6, 6.07) is 13.3. The van der Waals surface area contributed by atoms with Crippen molar-refractivity contribution in [1.82, 2.24) is 4.98 Å². The molecule has 0 saturated carbocycles. The third kappa shape index (κ3) is 2.50. The van der Waals surface area contributed by atoms with Gasteiger partial charge < -0.3 is 5.32 Å². The van der Waals surface area contributed by atoms with Gasteiger partial charge in [-0.15, -0.1) is 0 Å². The molecule has 0 spiro atoms. The van der Waals surface area contributed by atoms with E-state index >= 15 is 0 Å². The van der Waals surface area contributed by atoms with E-state index in [9.17, 15) is 4.79 Å². The summed E-state index contributed by atoms with van der Waals surface area (Å²) in [4.78, 5) is 15.8. The van der Waals surface area contributed by atoms with E-state index in [1.54, 1.807) is 6.92 Å². The Morgan fingerprint density at radius 2 is 1.94 bits per heavy atom. The Hall–Kier alpha value is -2.16. The summed E-state index contributed by atoms with van der Waals surface area (Å²) in [5.41, 5.74) is 2.52. The van der Waals surface area contributed by atoms with Crippen molar-refractivity contribution in [2.75, 3.05) is 12.4 Å². The van der Waals surface area contributed by atoms with Crippen LogP contribution in [0.4, 0.5) is 5.82 Å². The molecule has 1 aromatic heterocycles. The van der Waals surface area contributed by atoms with Crippen molar-refractivity contribution in [2.24, 2.45) is 0 Å². The maximum atomic E-state index is 11.3. The molecule has 0 aliphatic carbocycles. The summed E-state index contributed by atoms with van der Waals surface area (Å²) in [5, 5.41) is 3.00. The fraction of sp³-hybridized carbons (Fsp3) is 0.143. The fourth-order valence-corrected chi connectivity index (χ4v) is 1.63. The van der Waals surface area contributed by atoms with Crippen molar-refractivity contribution < 1.29 is 4.79 Å². The zero-order valence-electron chi connectivity index (χ0n) is 9.90. The minimum Gasteiger partial charge on any atom is -0.373 e. The van der Waals surface area contributed by atoms with Crippen LogP contribution in [-0.2, 0) is 0 Å². The van der Waals surface area contributed by atoms with Gasteiger partial charge in [-0.3, -0.25) is 4.79 Å². The number of carbonyl (C=O) groups excluding carboxylic acids is 1. The van der Waals surface area contributed by atoms with E-state index in [2.05, 4.69) is 10.3 Å². The number of ketones is 1. The summed E-state index contributed by atoms with van der Waals surface area (Å²) in [5.74, 6) is 0.882. The van der Waals surface area contributed by atoms with Crippen LogP contribution in [0.1, 0.15) is 17.3 Å². The minimum absolute atomic E-state index is 0.0663. The largest absolute Gasteiger partial charge is 0.373 e. The average molecular weight is 226 g/mol. The van der Waals surface area contributed by atoms with Crippen LogP contribution in [0.2, 0.25) is 0 Å². The molecule has 2 aromatic rings. The highest BCUT2D eigenvalue weighted by Gasteiger charge is 2.04. The van der Waals surface area contributed by atoms with Gasteiger partial charge in [0, 0.05) is 18.2 Å². The first-order valence-corrected chi connectivity index (χ1v) is 5.47. The van der Waals surface area contributed by atoms with Crippen LogP contribution in [-0.4, -0.2) is 17.8 Å². The highest BCUT2D eigenvalue weighted by molar-refractivity contribution is 5.95. The number of aromatic nitrogens is 1. The lowest BCUT2D eigenvalue weighted by atomic mass is 10.1. The molecule has 0 aliphatic rings. The smallest absolute Gasteiger partial charge is 0.159 e. The molecule has 0 unspecified atom stereocenters. The second-order valence-electron chi connectivity index (χ2n) is 3.80. The third-order valence-corrected chi connectivity index (χ3v) is 2.57. The van der Waals surface area contributed by atoms with Gasteiger partial charge in [0.1, 0.15) is 5.82 Å². The maximum absolute atomic E-state index is 11.3. The number of carbonyl (C=O) groups is 1. The van der Waals surface area contributed by atoms with E-state index in [0.29, 0.717) is 5.56 Å². The summed E-state index contributed by atoms with van der Waals surface area (Å²) >= 11 is 0. The SMILES string of the molecule is CNc1cccc(-c2cccc(C(C)=O)c2)n1. The van der Waals surface area contributed by atoms with Gasteiger partial charge in [0.25, 0.3) is 0 Å². The average Bonchev–Trinajstić information content (AvgIpc) is 2.39. The lowest BCUT2D eigenvalue weighted by Crippen LogP contribution is -1.95. The predicted molar refractivity (Wildman–Crippen MR) is 69.2 cm³/mol. The number of rotatable bonds is 3. The van der Waals surface area contributed by atoms with E-state index in [1.807, 2.05) is 49.5 Å². The fourth-order valence-electron chi connectivity index (χ4n) is 1.63. The highest BCUT2D eigenvalue weighted by Crippen LogP contribution is 2.20. The molecule has 2 rings (SSSR count). The molecular formula is C14H14N2O. The number of benzene rings is 1. The van der Waals surface area contributed by atoms with Crippen molar-refractivity contribution in [3.05, 3.63) is 48.0 Å². The predicted octanol–water partition coefficient (Wildman–Crippen LogP) is 2.99. The normalized spacial score (nSPS) is 10.0. The number of hydrogen-bond acceptors (Lipinski definition) is 3. The number of pyridine rings is 1. The van der Waals surface area contributed by atoms with Gasteiger partial charge in [0.05, 0.1) is 5.69 Å². The van der Waals surface area contributed by atoms with Gasteiger partial charge in [-0.05, 0) is 25.1 Å². The molecule has 86 valence electrons. The van der Waals surface area contributed by atoms with E-state index in [0.717, 1.165) is 17.1 Å². The second kappa shape index (κ2) is 4.78.